The predicted molar refractivity (Wildman–Crippen MR) is 47.1 cm³/mol. The van der Waals surface area contributed by atoms with Crippen molar-refractivity contribution in [2.45, 2.75) is 0 Å². The van der Waals surface area contributed by atoms with Gasteiger partial charge in [0.25, 0.3) is 0 Å². The molecule has 0 spiro atoms. The monoisotopic (exact) mass is 176 g/mol. The molecule has 1 aliphatic carbocycles. The molecular weight excluding hydrogens is 166 g/mol. The van der Waals surface area contributed by atoms with E-state index in [-0.39, 0.29) is 0 Å². The quantitative estimate of drug-likeness (QED) is 0.340. The molecule has 13 heavy (non-hydrogen) atoms. The van der Waals surface area contributed by atoms with Gasteiger partial charge in [0, 0.05) is 5.57 Å². The first-order valence-electron chi connectivity index (χ1n) is 4.20. The van der Waals surface area contributed by atoms with Crippen molar-refractivity contribution in [3.8, 4) is 0 Å². The van der Waals surface area contributed by atoms with Crippen LogP contribution in [0.15, 0.2) is 35.7 Å². The van der Waals surface area contributed by atoms with E-state index in [4.69, 9.17) is 0 Å². The molecule has 1 atom stereocenters. The standard InChI is InChI=1S/C8H9N5/c1-2-4-7-6(3-1)5-9-13-8(7)10-11-12-13/h1-6,10-12H/p+1. The van der Waals surface area contributed by atoms with Gasteiger partial charge in [-0.2, -0.15) is 0 Å². The van der Waals surface area contributed by atoms with Crippen molar-refractivity contribution >= 4 is 6.21 Å². The summed E-state index contributed by atoms with van der Waals surface area (Å²) in [6.45, 7) is 0. The Labute approximate surface area is 75.4 Å². The molecule has 5 heteroatoms. The van der Waals surface area contributed by atoms with Crippen LogP contribution in [0.3, 0.4) is 0 Å². The molecule has 0 saturated carbocycles. The molecule has 1 unspecified atom stereocenters. The normalized spacial score (nSPS) is 28.9. The van der Waals surface area contributed by atoms with Crippen LogP contribution in [0.25, 0.3) is 0 Å². The van der Waals surface area contributed by atoms with Gasteiger partial charge < -0.3 is 0 Å². The summed E-state index contributed by atoms with van der Waals surface area (Å²) < 4.78 is 0. The first-order valence-corrected chi connectivity index (χ1v) is 4.20. The van der Waals surface area contributed by atoms with Crippen LogP contribution in [-0.2, 0) is 0 Å². The Bertz CT molecular complexity index is 352. The first kappa shape index (κ1) is 6.88. The second kappa shape index (κ2) is 2.45. The summed E-state index contributed by atoms with van der Waals surface area (Å²) in [7, 11) is 0. The van der Waals surface area contributed by atoms with Crippen molar-refractivity contribution in [2.24, 2.45) is 5.92 Å². The zero-order chi connectivity index (χ0) is 8.67. The Hall–Kier alpha value is -1.59. The van der Waals surface area contributed by atoms with E-state index < -0.39 is 0 Å². The number of hydrazone groups is 1. The second-order valence-corrected chi connectivity index (χ2v) is 3.07. The minimum Gasteiger partial charge on any atom is -0.286 e. The molecule has 5 nitrogen and oxygen atoms in total. The van der Waals surface area contributed by atoms with Crippen LogP contribution in [0, 0.1) is 5.92 Å². The SMILES string of the molecule is C1=CC2=C3NNNN3[NH+]=CC2C=C1. The molecule has 2 aliphatic heterocycles. The Morgan fingerprint density at radius 1 is 1.38 bits per heavy atom. The highest BCUT2D eigenvalue weighted by molar-refractivity contribution is 5.67. The molecule has 0 aromatic heterocycles. The number of fused-ring (bicyclic) bond motifs is 2. The number of allylic oxidation sites excluding steroid dienone is 5. The minimum atomic E-state index is 0.352. The molecule has 0 radical (unpaired) electrons. The van der Waals surface area contributed by atoms with E-state index in [1.165, 1.54) is 5.57 Å². The summed E-state index contributed by atoms with van der Waals surface area (Å²) in [5, 5.41) is 4.91. The van der Waals surface area contributed by atoms with E-state index in [2.05, 4.69) is 39.8 Å². The van der Waals surface area contributed by atoms with Crippen molar-refractivity contribution in [2.75, 3.05) is 0 Å². The highest BCUT2D eigenvalue weighted by Crippen LogP contribution is 2.21. The van der Waals surface area contributed by atoms with Gasteiger partial charge in [-0.15, -0.1) is 10.6 Å². The molecule has 3 rings (SSSR count). The van der Waals surface area contributed by atoms with Crippen LogP contribution in [0.5, 0.6) is 0 Å². The van der Waals surface area contributed by atoms with Gasteiger partial charge in [-0.05, 0) is 5.12 Å². The lowest BCUT2D eigenvalue weighted by Crippen LogP contribution is -2.85. The molecule has 0 aromatic rings. The van der Waals surface area contributed by atoms with Gasteiger partial charge in [0.2, 0.25) is 5.82 Å². The third-order valence-electron chi connectivity index (χ3n) is 2.29. The summed E-state index contributed by atoms with van der Waals surface area (Å²) in [6.07, 6.45) is 10.4. The first-order chi connectivity index (χ1) is 6.45. The van der Waals surface area contributed by atoms with Gasteiger partial charge in [-0.1, -0.05) is 29.8 Å². The molecule has 66 valence electrons. The fourth-order valence-corrected chi connectivity index (χ4v) is 1.65. The average molecular weight is 176 g/mol. The van der Waals surface area contributed by atoms with Crippen LogP contribution in [0.1, 0.15) is 0 Å². The Morgan fingerprint density at radius 3 is 3.38 bits per heavy atom. The molecule has 0 aromatic carbocycles. The second-order valence-electron chi connectivity index (χ2n) is 3.07. The molecule has 3 aliphatic rings. The van der Waals surface area contributed by atoms with E-state index in [0.717, 1.165) is 5.82 Å². The fraction of sp³-hybridized carbons (Fsp3) is 0.125. The van der Waals surface area contributed by atoms with Gasteiger partial charge in [0.1, 0.15) is 0 Å². The minimum absolute atomic E-state index is 0.352. The highest BCUT2D eigenvalue weighted by atomic mass is 15.9. The predicted octanol–water partition coefficient (Wildman–Crippen LogP) is -2.15. The van der Waals surface area contributed by atoms with E-state index in [9.17, 15) is 0 Å². The maximum Gasteiger partial charge on any atom is 0.202 e. The summed E-state index contributed by atoms with van der Waals surface area (Å²) in [5.74, 6) is 1.37. The van der Waals surface area contributed by atoms with E-state index >= 15 is 0 Å². The fourth-order valence-electron chi connectivity index (χ4n) is 1.65. The van der Waals surface area contributed by atoms with Crippen LogP contribution >= 0.6 is 0 Å². The van der Waals surface area contributed by atoms with Crippen LogP contribution in [0.2, 0.25) is 0 Å². The number of nitrogens with one attached hydrogen (secondary N) is 4. The zero-order valence-corrected chi connectivity index (χ0v) is 6.91. The number of hydrazine groups is 4. The Kier molecular flexibility index (Phi) is 1.29. The Balaban J connectivity index is 2.09. The van der Waals surface area contributed by atoms with Crippen LogP contribution < -0.4 is 21.6 Å². The lowest BCUT2D eigenvalue weighted by Gasteiger charge is -2.18. The van der Waals surface area contributed by atoms with E-state index in [1.807, 2.05) is 12.3 Å². The largest absolute Gasteiger partial charge is 0.286 e. The summed E-state index contributed by atoms with van der Waals surface area (Å²) in [4.78, 5) is 0. The molecule has 4 N–H and O–H groups in total. The molecule has 0 amide bonds. The van der Waals surface area contributed by atoms with Gasteiger partial charge in [0.05, 0.1) is 5.92 Å². The van der Waals surface area contributed by atoms with Gasteiger partial charge in [-0.3, -0.25) is 5.43 Å². The average Bonchev–Trinajstić information content (AvgIpc) is 2.65. The van der Waals surface area contributed by atoms with E-state index in [1.54, 1.807) is 5.12 Å². The zero-order valence-electron chi connectivity index (χ0n) is 6.91. The van der Waals surface area contributed by atoms with Crippen molar-refractivity contribution in [3.63, 3.8) is 0 Å². The molecule has 0 bridgehead atoms. The van der Waals surface area contributed by atoms with Gasteiger partial charge in [0.15, 0.2) is 6.21 Å². The van der Waals surface area contributed by atoms with Crippen molar-refractivity contribution in [1.82, 2.24) is 21.6 Å². The van der Waals surface area contributed by atoms with Crippen LogP contribution in [0.4, 0.5) is 0 Å². The van der Waals surface area contributed by atoms with Gasteiger partial charge >= 0.3 is 0 Å². The maximum atomic E-state index is 3.11. The summed E-state index contributed by atoms with van der Waals surface area (Å²) >= 11 is 0. The number of hydrogen-bond acceptors (Lipinski definition) is 4. The number of nitrogens with zero attached hydrogens (tertiary/aromatic N) is 1. The topological polar surface area (TPSA) is 53.3 Å². The van der Waals surface area contributed by atoms with E-state index in [0.29, 0.717) is 5.92 Å². The lowest BCUT2D eigenvalue weighted by molar-refractivity contribution is -0.645. The van der Waals surface area contributed by atoms with Crippen molar-refractivity contribution in [1.29, 1.82) is 0 Å². The van der Waals surface area contributed by atoms with Crippen molar-refractivity contribution < 1.29 is 5.10 Å². The number of hydrogen-bond donors (Lipinski definition) is 4. The van der Waals surface area contributed by atoms with Crippen molar-refractivity contribution in [3.05, 3.63) is 35.7 Å². The maximum absolute atomic E-state index is 3.11. The molecular formula is C8H10N5+. The highest BCUT2D eigenvalue weighted by Gasteiger charge is 2.31. The lowest BCUT2D eigenvalue weighted by atomic mass is 9.95. The van der Waals surface area contributed by atoms with Crippen LogP contribution in [-0.4, -0.2) is 11.3 Å². The smallest absolute Gasteiger partial charge is 0.202 e. The van der Waals surface area contributed by atoms with Gasteiger partial charge in [-0.25, -0.2) is 0 Å². The molecule has 1 saturated heterocycles. The summed E-state index contributed by atoms with van der Waals surface area (Å²) in [6, 6.07) is 0. The third kappa shape index (κ3) is 0.912. The molecule has 2 heterocycles. The number of rotatable bonds is 0. The Morgan fingerprint density at radius 2 is 2.38 bits per heavy atom. The molecule has 1 fully saturated rings. The summed E-state index contributed by atoms with van der Waals surface area (Å²) in [5.41, 5.74) is 10.0. The third-order valence-corrected chi connectivity index (χ3v) is 2.29.